The average Bonchev–Trinajstić information content (AvgIpc) is 2.29. The molecule has 1 heterocycles. The summed E-state index contributed by atoms with van der Waals surface area (Å²) in [6, 6.07) is 1.79. The van der Waals surface area contributed by atoms with E-state index in [1.807, 2.05) is 0 Å². The molecule has 0 saturated heterocycles. The lowest BCUT2D eigenvalue weighted by Gasteiger charge is -2.11. The van der Waals surface area contributed by atoms with E-state index in [2.05, 4.69) is 32.9 Å². The second kappa shape index (κ2) is 6.84. The highest BCUT2D eigenvalue weighted by molar-refractivity contribution is 14.1. The van der Waals surface area contributed by atoms with Crippen LogP contribution in [0.5, 0.6) is 11.5 Å². The Morgan fingerprint density at radius 1 is 1.40 bits per heavy atom. The highest BCUT2D eigenvalue weighted by Crippen LogP contribution is 2.28. The first kappa shape index (κ1) is 12.5. The Balaban J connectivity index is 2.76. The summed E-state index contributed by atoms with van der Waals surface area (Å²) < 4.78 is 11.5. The molecule has 0 saturated carbocycles. The van der Waals surface area contributed by atoms with E-state index in [0.717, 1.165) is 22.4 Å². The number of nitrogens with one attached hydrogen (secondary N) is 1. The first-order valence-corrected chi connectivity index (χ1v) is 6.18. The van der Waals surface area contributed by atoms with Crippen LogP contribution in [0.2, 0.25) is 0 Å². The maximum absolute atomic E-state index is 5.27. The van der Waals surface area contributed by atoms with Crippen molar-refractivity contribution in [2.45, 2.75) is 6.54 Å². The van der Waals surface area contributed by atoms with Gasteiger partial charge in [-0.15, -0.1) is 0 Å². The predicted molar refractivity (Wildman–Crippen MR) is 67.9 cm³/mol. The van der Waals surface area contributed by atoms with E-state index in [1.54, 1.807) is 26.5 Å². The van der Waals surface area contributed by atoms with Crippen LogP contribution in [0.25, 0.3) is 0 Å². The van der Waals surface area contributed by atoms with Crippen molar-refractivity contribution in [3.63, 3.8) is 0 Å². The minimum absolute atomic E-state index is 0.698. The Labute approximate surface area is 104 Å². The summed E-state index contributed by atoms with van der Waals surface area (Å²) >= 11 is 2.32. The molecule has 0 bridgehead atoms. The van der Waals surface area contributed by atoms with Gasteiger partial charge in [-0.2, -0.15) is 0 Å². The Kier molecular flexibility index (Phi) is 5.70. The predicted octanol–water partition coefficient (Wildman–Crippen LogP) is 1.62. The van der Waals surface area contributed by atoms with E-state index >= 15 is 0 Å². The third-order valence-electron chi connectivity index (χ3n) is 1.93. The molecular formula is C10H15IN2O2. The molecule has 1 rings (SSSR count). The fourth-order valence-corrected chi connectivity index (χ4v) is 1.63. The standard InChI is InChI=1S/C10H15IN2O2/c1-14-9-3-5-13-8(10(9)15-2)7-12-6-4-11/h3,5,12H,4,6-7H2,1-2H3. The molecule has 0 atom stereocenters. The molecule has 5 heteroatoms. The lowest BCUT2D eigenvalue weighted by molar-refractivity contribution is 0.348. The summed E-state index contributed by atoms with van der Waals surface area (Å²) in [4.78, 5) is 4.26. The largest absolute Gasteiger partial charge is 0.493 e. The summed E-state index contributed by atoms with van der Waals surface area (Å²) in [5, 5.41) is 3.27. The summed E-state index contributed by atoms with van der Waals surface area (Å²) in [5.74, 6) is 1.43. The lowest BCUT2D eigenvalue weighted by atomic mass is 10.3. The van der Waals surface area contributed by atoms with Crippen LogP contribution in [0.1, 0.15) is 5.69 Å². The van der Waals surface area contributed by atoms with Gasteiger partial charge in [-0.25, -0.2) is 0 Å². The first-order valence-electron chi connectivity index (χ1n) is 4.66. The third-order valence-corrected chi connectivity index (χ3v) is 2.47. The van der Waals surface area contributed by atoms with Crippen LogP contribution in [0, 0.1) is 0 Å². The maximum Gasteiger partial charge on any atom is 0.183 e. The number of methoxy groups -OCH3 is 2. The van der Waals surface area contributed by atoms with E-state index in [1.165, 1.54) is 0 Å². The van der Waals surface area contributed by atoms with Crippen molar-refractivity contribution in [3.05, 3.63) is 18.0 Å². The Hall–Kier alpha value is -0.560. The lowest BCUT2D eigenvalue weighted by Crippen LogP contribution is -2.17. The van der Waals surface area contributed by atoms with Gasteiger partial charge in [0.25, 0.3) is 0 Å². The van der Waals surface area contributed by atoms with Gasteiger partial charge in [0.2, 0.25) is 0 Å². The van der Waals surface area contributed by atoms with Gasteiger partial charge in [-0.3, -0.25) is 4.98 Å². The zero-order valence-corrected chi connectivity index (χ0v) is 11.1. The third kappa shape index (κ3) is 3.49. The number of ether oxygens (including phenoxy) is 2. The van der Waals surface area contributed by atoms with E-state index < -0.39 is 0 Å². The zero-order chi connectivity index (χ0) is 11.1. The number of hydrogen-bond acceptors (Lipinski definition) is 4. The van der Waals surface area contributed by atoms with Crippen molar-refractivity contribution < 1.29 is 9.47 Å². The molecule has 0 aliphatic rings. The zero-order valence-electron chi connectivity index (χ0n) is 8.92. The molecule has 0 unspecified atom stereocenters. The Morgan fingerprint density at radius 2 is 2.20 bits per heavy atom. The Morgan fingerprint density at radius 3 is 2.80 bits per heavy atom. The first-order chi connectivity index (χ1) is 7.33. The molecule has 0 fully saturated rings. The molecule has 0 aliphatic carbocycles. The van der Waals surface area contributed by atoms with Gasteiger partial charge >= 0.3 is 0 Å². The molecule has 0 radical (unpaired) electrons. The second-order valence-electron chi connectivity index (χ2n) is 2.86. The van der Waals surface area contributed by atoms with Crippen LogP contribution in [0.3, 0.4) is 0 Å². The molecule has 4 nitrogen and oxygen atoms in total. The number of aromatic nitrogens is 1. The van der Waals surface area contributed by atoms with Gasteiger partial charge in [0.05, 0.1) is 19.9 Å². The minimum atomic E-state index is 0.698. The van der Waals surface area contributed by atoms with Crippen LogP contribution >= 0.6 is 22.6 Å². The normalized spacial score (nSPS) is 10.1. The minimum Gasteiger partial charge on any atom is -0.493 e. The van der Waals surface area contributed by atoms with E-state index in [9.17, 15) is 0 Å². The van der Waals surface area contributed by atoms with Crippen molar-refractivity contribution >= 4 is 22.6 Å². The van der Waals surface area contributed by atoms with Crippen LogP contribution in [0.4, 0.5) is 0 Å². The SMILES string of the molecule is COc1ccnc(CNCCI)c1OC. The topological polar surface area (TPSA) is 43.4 Å². The van der Waals surface area contributed by atoms with E-state index in [-0.39, 0.29) is 0 Å². The maximum atomic E-state index is 5.27. The Bertz CT molecular complexity index is 307. The summed E-state index contributed by atoms with van der Waals surface area (Å²) in [7, 11) is 3.25. The number of halogens is 1. The van der Waals surface area contributed by atoms with Gasteiger partial charge in [0, 0.05) is 29.8 Å². The molecule has 84 valence electrons. The molecule has 0 aliphatic heterocycles. The molecular weight excluding hydrogens is 307 g/mol. The fourth-order valence-electron chi connectivity index (χ4n) is 1.25. The second-order valence-corrected chi connectivity index (χ2v) is 3.94. The van der Waals surface area contributed by atoms with Gasteiger partial charge in [-0.1, -0.05) is 22.6 Å². The van der Waals surface area contributed by atoms with Crippen molar-refractivity contribution in [2.24, 2.45) is 0 Å². The van der Waals surface area contributed by atoms with E-state index in [4.69, 9.17) is 9.47 Å². The number of hydrogen-bond donors (Lipinski definition) is 1. The number of nitrogens with zero attached hydrogens (tertiary/aromatic N) is 1. The summed E-state index contributed by atoms with van der Waals surface area (Å²) in [6.45, 7) is 1.66. The highest BCUT2D eigenvalue weighted by Gasteiger charge is 2.09. The van der Waals surface area contributed by atoms with Crippen LogP contribution in [-0.4, -0.2) is 30.2 Å². The van der Waals surface area contributed by atoms with Gasteiger partial charge in [0.15, 0.2) is 11.5 Å². The average molecular weight is 322 g/mol. The van der Waals surface area contributed by atoms with Crippen LogP contribution in [0.15, 0.2) is 12.3 Å². The summed E-state index contributed by atoms with van der Waals surface area (Å²) in [6.07, 6.45) is 1.72. The molecule has 15 heavy (non-hydrogen) atoms. The molecule has 1 aromatic rings. The number of alkyl halides is 1. The van der Waals surface area contributed by atoms with E-state index in [0.29, 0.717) is 12.3 Å². The molecule has 0 spiro atoms. The van der Waals surface area contributed by atoms with Crippen molar-refractivity contribution in [3.8, 4) is 11.5 Å². The van der Waals surface area contributed by atoms with Crippen LogP contribution < -0.4 is 14.8 Å². The fraction of sp³-hybridized carbons (Fsp3) is 0.500. The number of pyridine rings is 1. The molecule has 0 amide bonds. The highest BCUT2D eigenvalue weighted by atomic mass is 127. The quantitative estimate of drug-likeness (QED) is 0.491. The smallest absolute Gasteiger partial charge is 0.183 e. The van der Waals surface area contributed by atoms with Crippen molar-refractivity contribution in [2.75, 3.05) is 25.2 Å². The molecule has 0 aromatic carbocycles. The number of rotatable bonds is 6. The monoisotopic (exact) mass is 322 g/mol. The van der Waals surface area contributed by atoms with Crippen LogP contribution in [-0.2, 0) is 6.54 Å². The van der Waals surface area contributed by atoms with Crippen molar-refractivity contribution in [1.29, 1.82) is 0 Å². The van der Waals surface area contributed by atoms with Crippen molar-refractivity contribution in [1.82, 2.24) is 10.3 Å². The molecule has 1 aromatic heterocycles. The summed E-state index contributed by atoms with van der Waals surface area (Å²) in [5.41, 5.74) is 0.877. The molecule has 1 N–H and O–H groups in total. The van der Waals surface area contributed by atoms with Gasteiger partial charge < -0.3 is 14.8 Å². The van der Waals surface area contributed by atoms with Gasteiger partial charge in [-0.05, 0) is 0 Å². The van der Waals surface area contributed by atoms with Gasteiger partial charge in [0.1, 0.15) is 0 Å².